The first-order valence-electron chi connectivity index (χ1n) is 5.41. The second-order valence-corrected chi connectivity index (χ2v) is 5.11. The van der Waals surface area contributed by atoms with Crippen LogP contribution in [-0.4, -0.2) is 19.3 Å². The van der Waals surface area contributed by atoms with Gasteiger partial charge in [-0.3, -0.25) is 0 Å². The van der Waals surface area contributed by atoms with Crippen LogP contribution < -0.4 is 0 Å². The molecule has 0 bridgehead atoms. The van der Waals surface area contributed by atoms with Crippen LogP contribution in [0, 0.1) is 0 Å². The maximum Gasteiger partial charge on any atom is 0.462 e. The molecule has 2 nitrogen and oxygen atoms in total. The fraction of sp³-hybridized carbons (Fsp3) is 0.636. The van der Waals surface area contributed by atoms with Crippen LogP contribution in [0.25, 0.3) is 0 Å². The Morgan fingerprint density at radius 1 is 1.20 bits per heavy atom. The van der Waals surface area contributed by atoms with Crippen LogP contribution in [0.15, 0.2) is 17.5 Å². The number of hydrogen-bond donors (Lipinski definition) is 0. The van der Waals surface area contributed by atoms with Crippen LogP contribution in [0.5, 0.6) is 0 Å². The molecule has 4 heteroatoms. The molecule has 1 aromatic heterocycles. The standard InChI is InChI=1S/C11H19BO2S/c1-9(2)13-12(14-10(3)4)8-11-6-5-7-15-11/h5-7,9-10H,8H2,1-4H3. The van der Waals surface area contributed by atoms with Gasteiger partial charge in [-0.25, -0.2) is 0 Å². The maximum absolute atomic E-state index is 5.72. The minimum atomic E-state index is -0.122. The molecule has 0 N–H and O–H groups in total. The number of hydrogen-bond acceptors (Lipinski definition) is 3. The Morgan fingerprint density at radius 2 is 1.80 bits per heavy atom. The Morgan fingerprint density at radius 3 is 2.20 bits per heavy atom. The first-order valence-corrected chi connectivity index (χ1v) is 6.29. The third-order valence-corrected chi connectivity index (χ3v) is 2.69. The van der Waals surface area contributed by atoms with Crippen molar-refractivity contribution in [3.8, 4) is 0 Å². The maximum atomic E-state index is 5.72. The molecule has 0 atom stereocenters. The second-order valence-electron chi connectivity index (χ2n) is 4.08. The molecular weight excluding hydrogens is 207 g/mol. The van der Waals surface area contributed by atoms with Crippen molar-refractivity contribution in [2.75, 3.05) is 0 Å². The van der Waals surface area contributed by atoms with E-state index in [2.05, 4.69) is 17.5 Å². The molecule has 0 radical (unpaired) electrons. The molecule has 0 fully saturated rings. The molecule has 84 valence electrons. The SMILES string of the molecule is CC(C)OB(Cc1cccs1)OC(C)C. The van der Waals surface area contributed by atoms with Gasteiger partial charge < -0.3 is 9.31 Å². The Bertz CT molecular complexity index is 250. The molecule has 0 amide bonds. The summed E-state index contributed by atoms with van der Waals surface area (Å²) in [6.07, 6.45) is 1.25. The Hall–Kier alpha value is -0.315. The zero-order valence-corrected chi connectivity index (χ0v) is 10.7. The van der Waals surface area contributed by atoms with E-state index in [0.717, 1.165) is 6.32 Å². The molecule has 15 heavy (non-hydrogen) atoms. The highest BCUT2D eigenvalue weighted by Crippen LogP contribution is 2.13. The van der Waals surface area contributed by atoms with Gasteiger partial charge in [0.1, 0.15) is 0 Å². The van der Waals surface area contributed by atoms with Crippen molar-refractivity contribution in [3.63, 3.8) is 0 Å². The van der Waals surface area contributed by atoms with Crippen molar-refractivity contribution < 1.29 is 9.31 Å². The Kier molecular flexibility index (Phi) is 5.36. The van der Waals surface area contributed by atoms with E-state index in [1.54, 1.807) is 11.3 Å². The summed E-state index contributed by atoms with van der Waals surface area (Å²) in [4.78, 5) is 1.31. The van der Waals surface area contributed by atoms with E-state index in [1.165, 1.54) is 4.88 Å². The van der Waals surface area contributed by atoms with Crippen molar-refractivity contribution in [1.82, 2.24) is 0 Å². The molecule has 0 unspecified atom stereocenters. The average Bonchev–Trinajstić information content (AvgIpc) is 2.53. The van der Waals surface area contributed by atoms with Crippen LogP contribution in [-0.2, 0) is 15.6 Å². The third kappa shape index (κ3) is 5.35. The molecular formula is C11H19BO2S. The van der Waals surface area contributed by atoms with Crippen LogP contribution in [0.1, 0.15) is 32.6 Å². The molecule has 0 aliphatic carbocycles. The zero-order valence-electron chi connectivity index (χ0n) is 9.90. The average molecular weight is 226 g/mol. The Balaban J connectivity index is 2.48. The quantitative estimate of drug-likeness (QED) is 0.693. The van der Waals surface area contributed by atoms with Crippen molar-refractivity contribution in [2.24, 2.45) is 0 Å². The van der Waals surface area contributed by atoms with E-state index < -0.39 is 0 Å². The lowest BCUT2D eigenvalue weighted by atomic mass is 9.83. The minimum absolute atomic E-state index is 0.122. The van der Waals surface area contributed by atoms with E-state index in [9.17, 15) is 0 Å². The molecule has 1 heterocycles. The lowest BCUT2D eigenvalue weighted by Crippen LogP contribution is -2.31. The summed E-state index contributed by atoms with van der Waals surface area (Å²) in [5, 5.41) is 2.08. The highest BCUT2D eigenvalue weighted by atomic mass is 32.1. The number of thiophene rings is 1. The van der Waals surface area contributed by atoms with Crippen molar-refractivity contribution in [1.29, 1.82) is 0 Å². The lowest BCUT2D eigenvalue weighted by Gasteiger charge is -2.19. The zero-order chi connectivity index (χ0) is 11.3. The monoisotopic (exact) mass is 226 g/mol. The smallest absolute Gasteiger partial charge is 0.409 e. The molecule has 0 spiro atoms. The van der Waals surface area contributed by atoms with Gasteiger partial charge in [0.25, 0.3) is 0 Å². The molecule has 0 aliphatic rings. The first kappa shape index (κ1) is 12.8. The van der Waals surface area contributed by atoms with Crippen molar-refractivity contribution in [3.05, 3.63) is 22.4 Å². The molecule has 0 saturated heterocycles. The van der Waals surface area contributed by atoms with Gasteiger partial charge >= 0.3 is 7.12 Å². The second kappa shape index (κ2) is 6.31. The summed E-state index contributed by atoms with van der Waals surface area (Å²) in [5.41, 5.74) is 0. The van der Waals surface area contributed by atoms with E-state index in [1.807, 2.05) is 27.7 Å². The predicted octanol–water partition coefficient (Wildman–Crippen LogP) is 3.17. The summed E-state index contributed by atoms with van der Waals surface area (Å²) in [5.74, 6) is 0. The fourth-order valence-corrected chi connectivity index (χ4v) is 2.05. The van der Waals surface area contributed by atoms with E-state index in [4.69, 9.17) is 9.31 Å². The van der Waals surface area contributed by atoms with Gasteiger partial charge in [0.2, 0.25) is 0 Å². The minimum Gasteiger partial charge on any atom is -0.409 e. The van der Waals surface area contributed by atoms with E-state index >= 15 is 0 Å². The van der Waals surface area contributed by atoms with E-state index in [-0.39, 0.29) is 19.3 Å². The summed E-state index contributed by atoms with van der Waals surface area (Å²) >= 11 is 1.75. The topological polar surface area (TPSA) is 18.5 Å². The lowest BCUT2D eigenvalue weighted by molar-refractivity contribution is 0.129. The van der Waals surface area contributed by atoms with Gasteiger partial charge in [0, 0.05) is 23.4 Å². The number of rotatable bonds is 6. The highest BCUT2D eigenvalue weighted by Gasteiger charge is 2.22. The largest absolute Gasteiger partial charge is 0.462 e. The van der Waals surface area contributed by atoms with Crippen LogP contribution in [0.4, 0.5) is 0 Å². The molecule has 0 saturated carbocycles. The van der Waals surface area contributed by atoms with Gasteiger partial charge in [-0.1, -0.05) is 6.07 Å². The molecule has 0 aromatic carbocycles. The summed E-state index contributed by atoms with van der Waals surface area (Å²) < 4.78 is 11.4. The summed E-state index contributed by atoms with van der Waals surface area (Å²) in [6.45, 7) is 8.13. The predicted molar refractivity (Wildman–Crippen MR) is 66.2 cm³/mol. The normalized spacial score (nSPS) is 11.3. The fourth-order valence-electron chi connectivity index (χ4n) is 1.33. The van der Waals surface area contributed by atoms with E-state index in [0.29, 0.717) is 0 Å². The van der Waals surface area contributed by atoms with Gasteiger partial charge in [0.05, 0.1) is 0 Å². The van der Waals surface area contributed by atoms with Crippen molar-refractivity contribution in [2.45, 2.75) is 46.2 Å². The molecule has 1 rings (SSSR count). The van der Waals surface area contributed by atoms with Gasteiger partial charge in [0.15, 0.2) is 0 Å². The molecule has 1 aromatic rings. The summed E-state index contributed by atoms with van der Waals surface area (Å²) in [7, 11) is -0.122. The summed E-state index contributed by atoms with van der Waals surface area (Å²) in [6, 6.07) is 4.17. The highest BCUT2D eigenvalue weighted by molar-refractivity contribution is 7.10. The molecule has 0 aliphatic heterocycles. The van der Waals surface area contributed by atoms with Gasteiger partial charge in [-0.05, 0) is 39.1 Å². The van der Waals surface area contributed by atoms with Gasteiger partial charge in [-0.15, -0.1) is 11.3 Å². The van der Waals surface area contributed by atoms with Crippen molar-refractivity contribution >= 4 is 18.5 Å². The van der Waals surface area contributed by atoms with Crippen LogP contribution in [0.2, 0.25) is 0 Å². The van der Waals surface area contributed by atoms with Gasteiger partial charge in [-0.2, -0.15) is 0 Å². The first-order chi connectivity index (χ1) is 7.08. The third-order valence-electron chi connectivity index (χ3n) is 1.80. The van der Waals surface area contributed by atoms with Crippen LogP contribution in [0.3, 0.4) is 0 Å². The Labute approximate surface area is 96.7 Å². The van der Waals surface area contributed by atoms with Crippen LogP contribution >= 0.6 is 11.3 Å².